The zero-order chi connectivity index (χ0) is 20.1. The number of nitrogens with one attached hydrogen (secondary N) is 2. The first kappa shape index (κ1) is 19.3. The van der Waals surface area contributed by atoms with Gasteiger partial charge in [0.25, 0.3) is 11.8 Å². The lowest BCUT2D eigenvalue weighted by Crippen LogP contribution is -2.30. The summed E-state index contributed by atoms with van der Waals surface area (Å²) in [5, 5.41) is 5.82. The van der Waals surface area contributed by atoms with Crippen molar-refractivity contribution >= 4 is 34.8 Å². The molecule has 0 radical (unpaired) electrons. The number of rotatable bonds is 6. The van der Waals surface area contributed by atoms with Gasteiger partial charge in [0.05, 0.1) is 13.4 Å². The normalized spacial score (nSPS) is 10.4. The van der Waals surface area contributed by atoms with Gasteiger partial charge in [-0.1, -0.05) is 0 Å². The molecular weight excluding hydrogens is 382 g/mol. The van der Waals surface area contributed by atoms with E-state index in [4.69, 9.17) is 4.42 Å². The van der Waals surface area contributed by atoms with E-state index >= 15 is 0 Å². The molecule has 0 atom stereocenters. The minimum atomic E-state index is -0.537. The average Bonchev–Trinajstić information content (AvgIpc) is 3.36. The highest BCUT2D eigenvalue weighted by molar-refractivity contribution is 7.15. The van der Waals surface area contributed by atoms with E-state index in [1.165, 1.54) is 18.4 Å². The Kier molecular flexibility index (Phi) is 5.85. The molecule has 1 aromatic carbocycles. The number of furan rings is 1. The molecule has 28 heavy (non-hydrogen) atoms. The smallest absolute Gasteiger partial charge is 0.325 e. The molecule has 9 heteroatoms. The predicted octanol–water partition coefficient (Wildman–Crippen LogP) is 2.87. The van der Waals surface area contributed by atoms with Gasteiger partial charge in [-0.3, -0.25) is 14.4 Å². The van der Waals surface area contributed by atoms with Crippen LogP contribution in [0.3, 0.4) is 0 Å². The summed E-state index contributed by atoms with van der Waals surface area (Å²) in [6, 6.07) is 9.83. The van der Waals surface area contributed by atoms with Crippen LogP contribution in [0, 0.1) is 6.92 Å². The molecule has 0 saturated heterocycles. The number of ether oxygens (including phenoxy) is 1. The standard InChI is InChI=1S/C19H17N3O5S/c1-11-16(22-19(28-11)14-4-3-9-27-14)18(25)21-13-7-5-12(6-8-13)17(24)20-10-15(23)26-2/h3-9H,10H2,1-2H3,(H,20,24)(H,21,25). The summed E-state index contributed by atoms with van der Waals surface area (Å²) < 4.78 is 9.78. The molecule has 2 N–H and O–H groups in total. The van der Waals surface area contributed by atoms with Crippen LogP contribution in [-0.2, 0) is 9.53 Å². The molecule has 8 nitrogen and oxygen atoms in total. The van der Waals surface area contributed by atoms with Crippen LogP contribution >= 0.6 is 11.3 Å². The molecule has 0 unspecified atom stereocenters. The highest BCUT2D eigenvalue weighted by Gasteiger charge is 2.18. The van der Waals surface area contributed by atoms with Gasteiger partial charge < -0.3 is 19.8 Å². The maximum Gasteiger partial charge on any atom is 0.325 e. The Morgan fingerprint density at radius 2 is 1.89 bits per heavy atom. The van der Waals surface area contributed by atoms with Gasteiger partial charge in [0, 0.05) is 16.1 Å². The minimum absolute atomic E-state index is 0.213. The van der Waals surface area contributed by atoms with E-state index in [0.717, 1.165) is 4.88 Å². The number of anilines is 1. The van der Waals surface area contributed by atoms with Crippen molar-refractivity contribution in [1.82, 2.24) is 10.3 Å². The maximum atomic E-state index is 12.5. The average molecular weight is 399 g/mol. The molecule has 0 bridgehead atoms. The van der Waals surface area contributed by atoms with Gasteiger partial charge in [0.15, 0.2) is 10.8 Å². The third-order valence-corrected chi connectivity index (χ3v) is 4.75. The summed E-state index contributed by atoms with van der Waals surface area (Å²) in [4.78, 5) is 40.7. The van der Waals surface area contributed by atoms with E-state index in [2.05, 4.69) is 20.4 Å². The topological polar surface area (TPSA) is 111 Å². The number of esters is 1. The van der Waals surface area contributed by atoms with Crippen LogP contribution in [0.2, 0.25) is 0 Å². The molecule has 2 heterocycles. The number of amides is 2. The lowest BCUT2D eigenvalue weighted by Gasteiger charge is -2.06. The Labute approximate surface area is 164 Å². The van der Waals surface area contributed by atoms with Gasteiger partial charge in [-0.05, 0) is 43.3 Å². The number of aryl methyl sites for hydroxylation is 1. The van der Waals surface area contributed by atoms with Crippen molar-refractivity contribution in [2.45, 2.75) is 6.92 Å². The lowest BCUT2D eigenvalue weighted by molar-refractivity contribution is -0.139. The van der Waals surface area contributed by atoms with E-state index in [-0.39, 0.29) is 12.5 Å². The zero-order valence-corrected chi connectivity index (χ0v) is 16.0. The summed E-state index contributed by atoms with van der Waals surface area (Å²) in [5.41, 5.74) is 1.18. The summed E-state index contributed by atoms with van der Waals surface area (Å²) in [6.07, 6.45) is 1.55. The van der Waals surface area contributed by atoms with Gasteiger partial charge in [0.2, 0.25) is 0 Å². The van der Waals surface area contributed by atoms with Crippen molar-refractivity contribution in [2.75, 3.05) is 19.0 Å². The van der Waals surface area contributed by atoms with Gasteiger partial charge in [-0.25, -0.2) is 4.98 Å². The van der Waals surface area contributed by atoms with E-state index in [0.29, 0.717) is 27.7 Å². The number of thiazole rings is 1. The molecule has 0 aliphatic heterocycles. The first-order valence-corrected chi connectivity index (χ1v) is 9.07. The quantitative estimate of drug-likeness (QED) is 0.617. The maximum absolute atomic E-state index is 12.5. The zero-order valence-electron chi connectivity index (χ0n) is 15.1. The van der Waals surface area contributed by atoms with Crippen LogP contribution in [-0.4, -0.2) is 36.4 Å². The Bertz CT molecular complexity index is 993. The Balaban J connectivity index is 1.65. The van der Waals surface area contributed by atoms with E-state index in [9.17, 15) is 14.4 Å². The largest absolute Gasteiger partial charge is 0.468 e. The molecule has 2 aromatic heterocycles. The van der Waals surface area contributed by atoms with Gasteiger partial charge >= 0.3 is 5.97 Å². The highest BCUT2D eigenvalue weighted by atomic mass is 32.1. The summed E-state index contributed by atoms with van der Waals surface area (Å²) in [5.74, 6) is -0.699. The number of benzene rings is 1. The first-order valence-electron chi connectivity index (χ1n) is 8.25. The summed E-state index contributed by atoms with van der Waals surface area (Å²) in [7, 11) is 1.24. The monoisotopic (exact) mass is 399 g/mol. The number of aromatic nitrogens is 1. The first-order chi connectivity index (χ1) is 13.5. The van der Waals surface area contributed by atoms with Gasteiger partial charge in [0.1, 0.15) is 12.2 Å². The number of carbonyl (C=O) groups is 3. The van der Waals surface area contributed by atoms with Crippen molar-refractivity contribution in [2.24, 2.45) is 0 Å². The molecule has 0 aliphatic carbocycles. The predicted molar refractivity (Wildman–Crippen MR) is 103 cm³/mol. The van der Waals surface area contributed by atoms with Crippen LogP contribution in [0.15, 0.2) is 47.1 Å². The SMILES string of the molecule is COC(=O)CNC(=O)c1ccc(NC(=O)c2nc(-c3ccco3)sc2C)cc1. The molecule has 3 rings (SSSR count). The summed E-state index contributed by atoms with van der Waals surface area (Å²) >= 11 is 1.37. The Hall–Kier alpha value is -3.46. The number of hydrogen-bond acceptors (Lipinski definition) is 7. The van der Waals surface area contributed by atoms with Crippen molar-refractivity contribution in [3.8, 4) is 10.8 Å². The number of methoxy groups -OCH3 is 1. The third kappa shape index (κ3) is 4.44. The second kappa shape index (κ2) is 8.49. The highest BCUT2D eigenvalue weighted by Crippen LogP contribution is 2.28. The van der Waals surface area contributed by atoms with Gasteiger partial charge in [-0.15, -0.1) is 11.3 Å². The van der Waals surface area contributed by atoms with Crippen molar-refractivity contribution in [1.29, 1.82) is 0 Å². The molecular formula is C19H17N3O5S. The second-order valence-corrected chi connectivity index (χ2v) is 6.89. The third-order valence-electron chi connectivity index (χ3n) is 3.77. The second-order valence-electron chi connectivity index (χ2n) is 5.69. The minimum Gasteiger partial charge on any atom is -0.468 e. The van der Waals surface area contributed by atoms with Crippen molar-refractivity contribution < 1.29 is 23.5 Å². The van der Waals surface area contributed by atoms with Crippen LogP contribution in [0.1, 0.15) is 25.7 Å². The molecule has 0 spiro atoms. The van der Waals surface area contributed by atoms with E-state index in [1.807, 2.05) is 6.92 Å². The molecule has 0 saturated carbocycles. The fraction of sp³-hybridized carbons (Fsp3) is 0.158. The Morgan fingerprint density at radius 1 is 1.14 bits per heavy atom. The lowest BCUT2D eigenvalue weighted by atomic mass is 10.2. The number of hydrogen-bond donors (Lipinski definition) is 2. The van der Waals surface area contributed by atoms with Crippen LogP contribution in [0.25, 0.3) is 10.8 Å². The van der Waals surface area contributed by atoms with E-state index in [1.54, 1.807) is 42.7 Å². The van der Waals surface area contributed by atoms with Crippen molar-refractivity contribution in [3.05, 3.63) is 58.8 Å². The fourth-order valence-electron chi connectivity index (χ4n) is 2.33. The molecule has 3 aromatic rings. The molecule has 0 fully saturated rings. The molecule has 2 amide bonds. The molecule has 0 aliphatic rings. The van der Waals surface area contributed by atoms with E-state index < -0.39 is 11.9 Å². The molecule has 144 valence electrons. The number of carbonyl (C=O) groups excluding carboxylic acids is 3. The van der Waals surface area contributed by atoms with Crippen LogP contribution in [0.5, 0.6) is 0 Å². The Morgan fingerprint density at radius 3 is 2.54 bits per heavy atom. The summed E-state index contributed by atoms with van der Waals surface area (Å²) in [6.45, 7) is 1.60. The van der Waals surface area contributed by atoms with Gasteiger partial charge in [-0.2, -0.15) is 0 Å². The fourth-order valence-corrected chi connectivity index (χ4v) is 3.21. The van der Waals surface area contributed by atoms with Crippen LogP contribution < -0.4 is 10.6 Å². The van der Waals surface area contributed by atoms with Crippen LogP contribution in [0.4, 0.5) is 5.69 Å². The van der Waals surface area contributed by atoms with Crippen molar-refractivity contribution in [3.63, 3.8) is 0 Å². The number of nitrogens with zero attached hydrogens (tertiary/aromatic N) is 1.